The van der Waals surface area contributed by atoms with E-state index in [4.69, 9.17) is 0 Å². The Morgan fingerprint density at radius 2 is 1.70 bits per heavy atom. The summed E-state index contributed by atoms with van der Waals surface area (Å²) in [5.41, 5.74) is 1.47. The van der Waals surface area contributed by atoms with E-state index in [0.717, 1.165) is 12.0 Å². The number of carbonyl (C=O) groups is 1. The molecule has 0 bridgehead atoms. The minimum atomic E-state index is -0.349. The molecule has 0 fully saturated rings. The lowest BCUT2D eigenvalue weighted by molar-refractivity contribution is -0.114. The summed E-state index contributed by atoms with van der Waals surface area (Å²) in [6, 6.07) is 7.13. The molecule has 1 amide bonds. The standard InChI is InChI=1S/C19H23N5O3/c1-4-10-23-17-15(18(26)24(11-5-2)19(23)27)21-16(22-17)13-6-8-14(9-7-13)20-12(3)25/h6-9H,4-5,10-11H2,1-3H3,(H,20,25)(H,21,22). The molecule has 2 N–H and O–H groups in total. The summed E-state index contributed by atoms with van der Waals surface area (Å²) in [6.45, 7) is 6.21. The number of nitrogens with one attached hydrogen (secondary N) is 2. The van der Waals surface area contributed by atoms with Crippen LogP contribution in [0.4, 0.5) is 5.69 Å². The summed E-state index contributed by atoms with van der Waals surface area (Å²) in [5, 5.41) is 2.71. The van der Waals surface area contributed by atoms with E-state index in [1.165, 1.54) is 11.5 Å². The van der Waals surface area contributed by atoms with Gasteiger partial charge in [-0.25, -0.2) is 9.78 Å². The van der Waals surface area contributed by atoms with Crippen LogP contribution in [0.15, 0.2) is 33.9 Å². The van der Waals surface area contributed by atoms with Gasteiger partial charge >= 0.3 is 5.69 Å². The average Bonchev–Trinajstić information content (AvgIpc) is 3.08. The Balaban J connectivity index is 2.15. The zero-order valence-electron chi connectivity index (χ0n) is 15.7. The molecule has 2 aromatic heterocycles. The molecule has 0 saturated carbocycles. The van der Waals surface area contributed by atoms with Gasteiger partial charge in [0.1, 0.15) is 11.3 Å². The first-order chi connectivity index (χ1) is 13.0. The van der Waals surface area contributed by atoms with Gasteiger partial charge in [-0.3, -0.25) is 18.7 Å². The average molecular weight is 369 g/mol. The number of aryl methyl sites for hydroxylation is 1. The van der Waals surface area contributed by atoms with Crippen LogP contribution in [-0.4, -0.2) is 25.0 Å². The topological polar surface area (TPSA) is 102 Å². The third kappa shape index (κ3) is 3.55. The van der Waals surface area contributed by atoms with Gasteiger partial charge in [-0.2, -0.15) is 0 Å². The number of nitrogens with zero attached hydrogens (tertiary/aromatic N) is 3. The zero-order chi connectivity index (χ0) is 19.6. The second kappa shape index (κ2) is 7.61. The Morgan fingerprint density at radius 1 is 1.07 bits per heavy atom. The number of aromatic nitrogens is 4. The summed E-state index contributed by atoms with van der Waals surface area (Å²) in [4.78, 5) is 44.2. The predicted octanol–water partition coefficient (Wildman–Crippen LogP) is 2.33. The number of aromatic amines is 1. The highest BCUT2D eigenvalue weighted by molar-refractivity contribution is 5.89. The summed E-state index contributed by atoms with van der Waals surface area (Å²) >= 11 is 0. The number of H-pyrrole nitrogens is 1. The van der Waals surface area contributed by atoms with Gasteiger partial charge in [-0.05, 0) is 37.1 Å². The molecular formula is C19H23N5O3. The first-order valence-corrected chi connectivity index (χ1v) is 9.07. The fraction of sp³-hybridized carbons (Fsp3) is 0.368. The maximum absolute atomic E-state index is 12.7. The van der Waals surface area contributed by atoms with E-state index in [1.807, 2.05) is 13.8 Å². The number of imidazole rings is 1. The number of anilines is 1. The van der Waals surface area contributed by atoms with E-state index in [0.29, 0.717) is 42.2 Å². The normalized spacial score (nSPS) is 11.1. The number of amides is 1. The molecule has 0 unspecified atom stereocenters. The minimum absolute atomic E-state index is 0.147. The summed E-state index contributed by atoms with van der Waals surface area (Å²) < 4.78 is 2.82. The summed E-state index contributed by atoms with van der Waals surface area (Å²) in [6.07, 6.45) is 1.45. The van der Waals surface area contributed by atoms with Gasteiger partial charge in [0.2, 0.25) is 5.91 Å². The molecule has 0 aliphatic carbocycles. The number of rotatable bonds is 6. The second-order valence-corrected chi connectivity index (χ2v) is 6.43. The van der Waals surface area contributed by atoms with Gasteiger partial charge in [0.15, 0.2) is 5.65 Å². The van der Waals surface area contributed by atoms with Crippen molar-refractivity contribution in [3.63, 3.8) is 0 Å². The van der Waals surface area contributed by atoms with Crippen molar-refractivity contribution in [2.75, 3.05) is 5.32 Å². The van der Waals surface area contributed by atoms with Crippen molar-refractivity contribution in [1.82, 2.24) is 19.1 Å². The molecule has 142 valence electrons. The quantitative estimate of drug-likeness (QED) is 0.696. The molecule has 0 aliphatic heterocycles. The Morgan fingerprint density at radius 3 is 2.30 bits per heavy atom. The Hall–Kier alpha value is -3.16. The number of benzene rings is 1. The number of carbonyl (C=O) groups excluding carboxylic acids is 1. The number of hydrogen-bond donors (Lipinski definition) is 2. The predicted molar refractivity (Wildman–Crippen MR) is 105 cm³/mol. The first kappa shape index (κ1) is 18.6. The third-order valence-corrected chi connectivity index (χ3v) is 4.23. The van der Waals surface area contributed by atoms with Gasteiger partial charge in [-0.15, -0.1) is 0 Å². The van der Waals surface area contributed by atoms with Gasteiger partial charge in [0.05, 0.1) is 0 Å². The van der Waals surface area contributed by atoms with Gasteiger partial charge in [-0.1, -0.05) is 13.8 Å². The summed E-state index contributed by atoms with van der Waals surface area (Å²) in [7, 11) is 0. The van der Waals surface area contributed by atoms with Crippen molar-refractivity contribution in [3.05, 3.63) is 45.1 Å². The van der Waals surface area contributed by atoms with E-state index in [-0.39, 0.29) is 17.2 Å². The van der Waals surface area contributed by atoms with Crippen LogP contribution in [0.1, 0.15) is 33.6 Å². The van der Waals surface area contributed by atoms with Crippen LogP contribution in [0.25, 0.3) is 22.6 Å². The van der Waals surface area contributed by atoms with Crippen LogP contribution in [0, 0.1) is 0 Å². The lowest BCUT2D eigenvalue weighted by atomic mass is 10.2. The molecule has 27 heavy (non-hydrogen) atoms. The Labute approximate surface area is 155 Å². The van der Waals surface area contributed by atoms with E-state index < -0.39 is 0 Å². The van der Waals surface area contributed by atoms with Crippen molar-refractivity contribution in [1.29, 1.82) is 0 Å². The zero-order valence-corrected chi connectivity index (χ0v) is 15.7. The maximum atomic E-state index is 12.7. The largest absolute Gasteiger partial charge is 0.332 e. The molecule has 3 rings (SSSR count). The number of hydrogen-bond acceptors (Lipinski definition) is 4. The van der Waals surface area contributed by atoms with Crippen molar-refractivity contribution < 1.29 is 4.79 Å². The molecule has 0 aliphatic rings. The van der Waals surface area contributed by atoms with E-state index >= 15 is 0 Å². The van der Waals surface area contributed by atoms with E-state index in [9.17, 15) is 14.4 Å². The van der Waals surface area contributed by atoms with Crippen LogP contribution >= 0.6 is 0 Å². The van der Waals surface area contributed by atoms with Crippen LogP contribution in [0.3, 0.4) is 0 Å². The molecule has 0 radical (unpaired) electrons. The van der Waals surface area contributed by atoms with Crippen molar-refractivity contribution >= 4 is 22.8 Å². The minimum Gasteiger partial charge on any atom is -0.332 e. The monoisotopic (exact) mass is 369 g/mol. The van der Waals surface area contributed by atoms with Crippen LogP contribution in [0.5, 0.6) is 0 Å². The molecule has 0 saturated heterocycles. The van der Waals surface area contributed by atoms with Crippen LogP contribution < -0.4 is 16.6 Å². The second-order valence-electron chi connectivity index (χ2n) is 6.43. The summed E-state index contributed by atoms with van der Waals surface area (Å²) in [5.74, 6) is 0.363. The first-order valence-electron chi connectivity index (χ1n) is 9.07. The molecule has 3 aromatic rings. The molecule has 2 heterocycles. The van der Waals surface area contributed by atoms with E-state index in [1.54, 1.807) is 28.8 Å². The fourth-order valence-corrected chi connectivity index (χ4v) is 3.06. The van der Waals surface area contributed by atoms with Crippen LogP contribution in [0.2, 0.25) is 0 Å². The molecule has 8 heteroatoms. The highest BCUT2D eigenvalue weighted by Crippen LogP contribution is 2.20. The Kier molecular flexibility index (Phi) is 5.25. The highest BCUT2D eigenvalue weighted by Gasteiger charge is 2.17. The smallest absolute Gasteiger partial charge is 0.332 e. The van der Waals surface area contributed by atoms with Crippen molar-refractivity contribution in [2.24, 2.45) is 0 Å². The lowest BCUT2D eigenvalue weighted by Gasteiger charge is -2.09. The Bertz CT molecular complexity index is 1090. The van der Waals surface area contributed by atoms with Gasteiger partial charge in [0, 0.05) is 31.3 Å². The van der Waals surface area contributed by atoms with Crippen LogP contribution in [-0.2, 0) is 17.9 Å². The SMILES string of the molecule is CCCn1c(=O)c2[nH]c(-c3ccc(NC(C)=O)cc3)nc2n(CCC)c1=O. The third-order valence-electron chi connectivity index (χ3n) is 4.23. The molecular weight excluding hydrogens is 346 g/mol. The molecule has 0 atom stereocenters. The molecule has 8 nitrogen and oxygen atoms in total. The maximum Gasteiger partial charge on any atom is 0.332 e. The number of fused-ring (bicyclic) bond motifs is 1. The molecule has 1 aromatic carbocycles. The van der Waals surface area contributed by atoms with Crippen molar-refractivity contribution in [2.45, 2.75) is 46.7 Å². The van der Waals surface area contributed by atoms with Gasteiger partial charge in [0.25, 0.3) is 5.56 Å². The highest BCUT2D eigenvalue weighted by atomic mass is 16.2. The van der Waals surface area contributed by atoms with E-state index in [2.05, 4.69) is 15.3 Å². The van der Waals surface area contributed by atoms with Gasteiger partial charge < -0.3 is 10.3 Å². The van der Waals surface area contributed by atoms with Crippen molar-refractivity contribution in [3.8, 4) is 11.4 Å². The fourth-order valence-electron chi connectivity index (χ4n) is 3.06. The molecule has 0 spiro atoms. The lowest BCUT2D eigenvalue weighted by Crippen LogP contribution is -2.40.